The van der Waals surface area contributed by atoms with Crippen LogP contribution >= 0.6 is 0 Å². The van der Waals surface area contributed by atoms with Gasteiger partial charge < -0.3 is 14.8 Å². The Kier molecular flexibility index (Phi) is 27.5. The maximum Gasteiger partial charge on any atom is 0.168 e. The van der Waals surface area contributed by atoms with Crippen molar-refractivity contribution in [2.75, 3.05) is 39.3 Å². The third kappa shape index (κ3) is 23.7. The SMILES string of the molecule is CCCCC/C=C\C/C=C\CCCCCCCCC1(CCCCCCC/C=C\C/C=C\CCCCC)OCC(CN2CCNCC2)O1. The van der Waals surface area contributed by atoms with E-state index >= 15 is 0 Å². The summed E-state index contributed by atoms with van der Waals surface area (Å²) < 4.78 is 13.3. The summed E-state index contributed by atoms with van der Waals surface area (Å²) in [4.78, 5) is 2.56. The first-order chi connectivity index (χ1) is 23.3. The third-order valence-corrected chi connectivity index (χ3v) is 9.85. The first-order valence-corrected chi connectivity index (χ1v) is 20.6. The summed E-state index contributed by atoms with van der Waals surface area (Å²) in [5.41, 5.74) is 0. The Morgan fingerprint density at radius 3 is 1.45 bits per heavy atom. The predicted molar refractivity (Wildman–Crippen MR) is 206 cm³/mol. The molecule has 0 spiro atoms. The number of nitrogens with zero attached hydrogens (tertiary/aromatic N) is 1. The fourth-order valence-electron chi connectivity index (χ4n) is 6.86. The lowest BCUT2D eigenvalue weighted by atomic mass is 9.98. The van der Waals surface area contributed by atoms with Gasteiger partial charge in [-0.1, -0.05) is 133 Å². The van der Waals surface area contributed by atoms with E-state index in [9.17, 15) is 0 Å². The van der Waals surface area contributed by atoms with E-state index in [0.29, 0.717) is 0 Å². The second kappa shape index (κ2) is 30.8. The molecule has 2 rings (SSSR count). The van der Waals surface area contributed by atoms with Crippen molar-refractivity contribution >= 4 is 0 Å². The summed E-state index contributed by atoms with van der Waals surface area (Å²) >= 11 is 0. The van der Waals surface area contributed by atoms with E-state index in [-0.39, 0.29) is 11.9 Å². The van der Waals surface area contributed by atoms with Crippen molar-refractivity contribution < 1.29 is 9.47 Å². The van der Waals surface area contributed by atoms with Gasteiger partial charge in [-0.2, -0.15) is 0 Å². The Morgan fingerprint density at radius 1 is 0.553 bits per heavy atom. The molecule has 2 atom stereocenters. The minimum atomic E-state index is -0.333. The average Bonchev–Trinajstić information content (AvgIpc) is 3.49. The van der Waals surface area contributed by atoms with E-state index in [0.717, 1.165) is 65.0 Å². The van der Waals surface area contributed by atoms with Crippen molar-refractivity contribution in [3.05, 3.63) is 48.6 Å². The van der Waals surface area contributed by atoms with Gasteiger partial charge in [-0.25, -0.2) is 0 Å². The van der Waals surface area contributed by atoms with Crippen LogP contribution in [-0.4, -0.2) is 56.1 Å². The first-order valence-electron chi connectivity index (χ1n) is 20.6. The van der Waals surface area contributed by atoms with E-state index in [2.05, 4.69) is 72.7 Å². The second-order valence-electron chi connectivity index (χ2n) is 14.3. The van der Waals surface area contributed by atoms with E-state index in [1.807, 2.05) is 0 Å². The van der Waals surface area contributed by atoms with Gasteiger partial charge >= 0.3 is 0 Å². The van der Waals surface area contributed by atoms with Gasteiger partial charge in [0.05, 0.1) is 12.7 Å². The van der Waals surface area contributed by atoms with Crippen LogP contribution in [0.25, 0.3) is 0 Å². The van der Waals surface area contributed by atoms with Crippen molar-refractivity contribution in [1.82, 2.24) is 10.2 Å². The van der Waals surface area contributed by atoms with Crippen LogP contribution in [0.5, 0.6) is 0 Å². The summed E-state index contributed by atoms with van der Waals surface area (Å²) in [6.07, 6.45) is 50.8. The molecule has 0 aromatic heterocycles. The largest absolute Gasteiger partial charge is 0.347 e. The van der Waals surface area contributed by atoms with Crippen LogP contribution in [0.2, 0.25) is 0 Å². The molecule has 0 radical (unpaired) electrons. The lowest BCUT2D eigenvalue weighted by molar-refractivity contribution is -0.181. The number of allylic oxidation sites excluding steroid dienone is 8. The molecule has 47 heavy (non-hydrogen) atoms. The highest BCUT2D eigenvalue weighted by Gasteiger charge is 2.41. The Hall–Kier alpha value is -1.20. The minimum Gasteiger partial charge on any atom is -0.347 e. The molecule has 0 amide bonds. The normalized spacial score (nSPS) is 21.1. The molecule has 2 unspecified atom stereocenters. The monoisotopic (exact) mass is 655 g/mol. The smallest absolute Gasteiger partial charge is 0.168 e. The molecular weight excluding hydrogens is 576 g/mol. The van der Waals surface area contributed by atoms with Crippen LogP contribution in [0.1, 0.15) is 174 Å². The molecule has 0 saturated carbocycles. The van der Waals surface area contributed by atoms with Gasteiger partial charge in [0, 0.05) is 45.6 Å². The Morgan fingerprint density at radius 2 is 0.979 bits per heavy atom. The van der Waals surface area contributed by atoms with E-state index < -0.39 is 0 Å². The van der Waals surface area contributed by atoms with Crippen molar-refractivity contribution in [3.8, 4) is 0 Å². The zero-order valence-electron chi connectivity index (χ0n) is 31.4. The Bertz CT molecular complexity index is 800. The summed E-state index contributed by atoms with van der Waals surface area (Å²) in [6.45, 7) is 10.8. The van der Waals surface area contributed by atoms with Crippen molar-refractivity contribution in [3.63, 3.8) is 0 Å². The molecule has 272 valence electrons. The molecule has 0 aliphatic carbocycles. The molecule has 2 aliphatic rings. The second-order valence-corrected chi connectivity index (χ2v) is 14.3. The maximum absolute atomic E-state index is 6.78. The molecule has 2 saturated heterocycles. The predicted octanol–water partition coefficient (Wildman–Crippen LogP) is 12.0. The summed E-state index contributed by atoms with van der Waals surface area (Å²) in [5.74, 6) is -0.333. The van der Waals surface area contributed by atoms with Gasteiger partial charge in [0.15, 0.2) is 5.79 Å². The van der Waals surface area contributed by atoms with E-state index in [4.69, 9.17) is 9.47 Å². The minimum absolute atomic E-state index is 0.232. The molecule has 4 heteroatoms. The highest BCUT2D eigenvalue weighted by atomic mass is 16.7. The highest BCUT2D eigenvalue weighted by molar-refractivity contribution is 4.93. The van der Waals surface area contributed by atoms with Gasteiger partial charge in [-0.15, -0.1) is 0 Å². The molecule has 0 aromatic carbocycles. The number of nitrogens with one attached hydrogen (secondary N) is 1. The molecule has 1 N–H and O–H groups in total. The molecule has 2 aliphatic heterocycles. The first kappa shape index (κ1) is 42.0. The quantitative estimate of drug-likeness (QED) is 0.0596. The Labute approximate surface area is 293 Å². The van der Waals surface area contributed by atoms with Gasteiger partial charge in [0.2, 0.25) is 0 Å². The van der Waals surface area contributed by atoms with Crippen LogP contribution in [0, 0.1) is 0 Å². The molecular formula is C43H78N2O2. The van der Waals surface area contributed by atoms with Crippen LogP contribution in [0.3, 0.4) is 0 Å². The lowest BCUT2D eigenvalue weighted by Gasteiger charge is -2.31. The topological polar surface area (TPSA) is 33.7 Å². The van der Waals surface area contributed by atoms with Gasteiger partial charge in [-0.05, 0) is 77.0 Å². The summed E-state index contributed by atoms with van der Waals surface area (Å²) in [6, 6.07) is 0. The molecule has 2 heterocycles. The number of hydrogen-bond donors (Lipinski definition) is 1. The van der Waals surface area contributed by atoms with Crippen LogP contribution in [0.15, 0.2) is 48.6 Å². The van der Waals surface area contributed by atoms with Gasteiger partial charge in [0.25, 0.3) is 0 Å². The fourth-order valence-corrected chi connectivity index (χ4v) is 6.86. The zero-order valence-corrected chi connectivity index (χ0v) is 31.4. The number of unbranched alkanes of at least 4 members (excludes halogenated alkanes) is 17. The maximum atomic E-state index is 6.78. The fraction of sp³-hybridized carbons (Fsp3) is 0.814. The van der Waals surface area contributed by atoms with Crippen LogP contribution in [-0.2, 0) is 9.47 Å². The van der Waals surface area contributed by atoms with Crippen LogP contribution < -0.4 is 5.32 Å². The number of rotatable bonds is 31. The average molecular weight is 655 g/mol. The highest BCUT2D eigenvalue weighted by Crippen LogP contribution is 2.35. The van der Waals surface area contributed by atoms with Crippen molar-refractivity contribution in [1.29, 1.82) is 0 Å². The van der Waals surface area contributed by atoms with Crippen LogP contribution in [0.4, 0.5) is 0 Å². The molecule has 0 bridgehead atoms. The van der Waals surface area contributed by atoms with Gasteiger partial charge in [-0.3, -0.25) is 4.90 Å². The van der Waals surface area contributed by atoms with E-state index in [1.54, 1.807) is 0 Å². The van der Waals surface area contributed by atoms with E-state index in [1.165, 1.54) is 135 Å². The molecule has 2 fully saturated rings. The number of piperazine rings is 1. The van der Waals surface area contributed by atoms with Crippen molar-refractivity contribution in [2.24, 2.45) is 0 Å². The van der Waals surface area contributed by atoms with Gasteiger partial charge in [0.1, 0.15) is 0 Å². The zero-order chi connectivity index (χ0) is 33.4. The number of hydrogen-bond acceptors (Lipinski definition) is 4. The summed E-state index contributed by atoms with van der Waals surface area (Å²) in [7, 11) is 0. The standard InChI is InChI=1S/C43H78N2O2/c1-3-5-7-9-11-13-15-17-19-21-23-25-27-29-31-33-35-43(46-41-42(47-43)40-45-38-36-44-37-39-45)34-32-30-28-26-24-22-20-18-16-14-12-10-8-6-4-2/h11-14,17-20,42,44H,3-10,15-16,21-41H2,1-2H3/b13-11-,14-12-,19-17-,20-18-. The Balaban J connectivity index is 1.57. The summed E-state index contributed by atoms with van der Waals surface area (Å²) in [5, 5.41) is 3.47. The third-order valence-electron chi connectivity index (χ3n) is 9.85. The number of ether oxygens (including phenoxy) is 2. The molecule has 0 aromatic rings. The molecule has 4 nitrogen and oxygen atoms in total. The van der Waals surface area contributed by atoms with Crippen molar-refractivity contribution in [2.45, 2.75) is 186 Å². The lowest BCUT2D eigenvalue weighted by Crippen LogP contribution is -2.47.